The van der Waals surface area contributed by atoms with E-state index in [-0.39, 0.29) is 5.41 Å². The van der Waals surface area contributed by atoms with E-state index in [1.165, 1.54) is 0 Å². The van der Waals surface area contributed by atoms with Gasteiger partial charge in [0.2, 0.25) is 0 Å². The van der Waals surface area contributed by atoms with Crippen LogP contribution in [-0.4, -0.2) is 34.8 Å². The maximum atomic E-state index is 9.51. The number of hydrogen-bond acceptors (Lipinski definition) is 6. The largest absolute Gasteiger partial charge is 0.392 e. The lowest BCUT2D eigenvalue weighted by atomic mass is 9.95. The second-order valence-corrected chi connectivity index (χ2v) is 5.97. The first kappa shape index (κ1) is 15.7. The Morgan fingerprint density at radius 3 is 2.37 bits per heavy atom. The van der Waals surface area contributed by atoms with Crippen LogP contribution in [0.5, 0.6) is 0 Å². The minimum Gasteiger partial charge on any atom is -0.392 e. The van der Waals surface area contributed by atoms with E-state index < -0.39 is 6.10 Å². The molecule has 1 aromatic rings. The van der Waals surface area contributed by atoms with Crippen molar-refractivity contribution in [1.29, 1.82) is 0 Å². The molecule has 0 aliphatic heterocycles. The highest BCUT2D eigenvalue weighted by Gasteiger charge is 2.22. The molecule has 1 aromatic heterocycles. The summed E-state index contributed by atoms with van der Waals surface area (Å²) in [5, 5.41) is 9.51. The molecule has 4 N–H and O–H groups in total. The van der Waals surface area contributed by atoms with E-state index >= 15 is 0 Å². The van der Waals surface area contributed by atoms with Gasteiger partial charge in [0.05, 0.1) is 6.10 Å². The predicted molar refractivity (Wildman–Crippen MR) is 78.2 cm³/mol. The van der Waals surface area contributed by atoms with E-state index in [9.17, 15) is 5.11 Å². The van der Waals surface area contributed by atoms with Crippen molar-refractivity contribution in [2.45, 2.75) is 46.1 Å². The van der Waals surface area contributed by atoms with Gasteiger partial charge in [0.25, 0.3) is 0 Å². The van der Waals surface area contributed by atoms with Gasteiger partial charge >= 0.3 is 0 Å². The maximum absolute atomic E-state index is 9.51. The highest BCUT2D eigenvalue weighted by molar-refractivity contribution is 5.58. The molecule has 0 saturated heterocycles. The van der Waals surface area contributed by atoms with Gasteiger partial charge in [-0.25, -0.2) is 15.8 Å². The molecule has 0 fully saturated rings. The van der Waals surface area contributed by atoms with E-state index in [0.717, 1.165) is 17.2 Å². The van der Waals surface area contributed by atoms with Crippen molar-refractivity contribution in [2.24, 2.45) is 5.84 Å². The third-order valence-electron chi connectivity index (χ3n) is 2.83. The molecule has 1 atom stereocenters. The summed E-state index contributed by atoms with van der Waals surface area (Å²) >= 11 is 0. The molecule has 19 heavy (non-hydrogen) atoms. The van der Waals surface area contributed by atoms with Crippen LogP contribution in [0.15, 0.2) is 0 Å². The van der Waals surface area contributed by atoms with E-state index in [4.69, 9.17) is 5.84 Å². The number of aromatic nitrogens is 2. The van der Waals surface area contributed by atoms with Crippen LogP contribution < -0.4 is 16.2 Å². The first-order valence-electron chi connectivity index (χ1n) is 6.41. The number of hydrazine groups is 1. The summed E-state index contributed by atoms with van der Waals surface area (Å²) in [6.07, 6.45) is -0.424. The van der Waals surface area contributed by atoms with Crippen LogP contribution in [0.3, 0.4) is 0 Å². The molecule has 0 amide bonds. The van der Waals surface area contributed by atoms with E-state index in [1.807, 2.05) is 18.9 Å². The first-order chi connectivity index (χ1) is 8.66. The molecule has 0 aromatic carbocycles. The van der Waals surface area contributed by atoms with Gasteiger partial charge in [0, 0.05) is 24.6 Å². The zero-order chi connectivity index (χ0) is 14.8. The highest BCUT2D eigenvalue weighted by Crippen LogP contribution is 2.27. The fourth-order valence-electron chi connectivity index (χ4n) is 1.84. The van der Waals surface area contributed by atoms with Gasteiger partial charge < -0.3 is 15.4 Å². The van der Waals surface area contributed by atoms with Crippen LogP contribution in [0, 0.1) is 6.92 Å². The molecular weight excluding hydrogens is 242 g/mol. The third-order valence-corrected chi connectivity index (χ3v) is 2.83. The van der Waals surface area contributed by atoms with Crippen LogP contribution in [0.1, 0.15) is 39.1 Å². The number of hydrogen-bond donors (Lipinski definition) is 3. The number of nitrogen functional groups attached to an aromatic ring is 1. The third kappa shape index (κ3) is 3.78. The highest BCUT2D eigenvalue weighted by atomic mass is 16.3. The molecule has 1 heterocycles. The lowest BCUT2D eigenvalue weighted by molar-refractivity contribution is 0.201. The normalized spacial score (nSPS) is 13.3. The van der Waals surface area contributed by atoms with Gasteiger partial charge in [-0.2, -0.15) is 0 Å². The summed E-state index contributed by atoms with van der Waals surface area (Å²) in [5.41, 5.74) is 3.32. The van der Waals surface area contributed by atoms with Gasteiger partial charge in [0.15, 0.2) is 0 Å². The Hall–Kier alpha value is -1.40. The van der Waals surface area contributed by atoms with Gasteiger partial charge in [0.1, 0.15) is 17.5 Å². The summed E-state index contributed by atoms with van der Waals surface area (Å²) in [5.74, 6) is 7.65. The Bertz CT molecular complexity index is 439. The van der Waals surface area contributed by atoms with Crippen LogP contribution in [0.25, 0.3) is 0 Å². The average Bonchev–Trinajstić information content (AvgIpc) is 2.26. The number of rotatable bonds is 4. The van der Waals surface area contributed by atoms with Crippen molar-refractivity contribution in [3.8, 4) is 0 Å². The zero-order valence-electron chi connectivity index (χ0n) is 12.7. The van der Waals surface area contributed by atoms with E-state index in [2.05, 4.69) is 36.2 Å². The molecule has 0 bridgehead atoms. The van der Waals surface area contributed by atoms with Crippen molar-refractivity contribution in [2.75, 3.05) is 23.9 Å². The molecule has 0 aliphatic rings. The van der Waals surface area contributed by atoms with Crippen molar-refractivity contribution >= 4 is 11.6 Å². The van der Waals surface area contributed by atoms with Gasteiger partial charge in [-0.05, 0) is 13.8 Å². The van der Waals surface area contributed by atoms with Crippen LogP contribution in [-0.2, 0) is 5.41 Å². The Morgan fingerprint density at radius 1 is 1.37 bits per heavy atom. The molecule has 1 unspecified atom stereocenters. The molecule has 108 valence electrons. The molecule has 0 spiro atoms. The van der Waals surface area contributed by atoms with Crippen molar-refractivity contribution in [3.05, 3.63) is 11.4 Å². The molecule has 0 radical (unpaired) electrons. The summed E-state index contributed by atoms with van der Waals surface area (Å²) in [6.45, 7) is 10.3. The molecule has 6 heteroatoms. The predicted octanol–water partition coefficient (Wildman–Crippen LogP) is 1.19. The van der Waals surface area contributed by atoms with Crippen LogP contribution in [0.4, 0.5) is 11.6 Å². The lowest BCUT2D eigenvalue weighted by Gasteiger charge is -2.26. The summed E-state index contributed by atoms with van der Waals surface area (Å²) < 4.78 is 0. The standard InChI is InChI=1S/C13H25N5O/c1-8(19)7-18(6)11-9(2)10(17-14)15-12(16-11)13(3,4)5/h8,19H,7,14H2,1-6H3,(H,15,16,17). The Balaban J connectivity index is 3.29. The summed E-state index contributed by atoms with van der Waals surface area (Å²) in [7, 11) is 1.90. The minimum absolute atomic E-state index is 0.167. The summed E-state index contributed by atoms with van der Waals surface area (Å²) in [4.78, 5) is 11.0. The number of nitrogens with zero attached hydrogens (tertiary/aromatic N) is 3. The van der Waals surface area contributed by atoms with E-state index in [0.29, 0.717) is 12.4 Å². The Labute approximate surface area is 115 Å². The molecule has 0 saturated carbocycles. The van der Waals surface area contributed by atoms with E-state index in [1.54, 1.807) is 6.92 Å². The molecule has 0 aliphatic carbocycles. The average molecular weight is 267 g/mol. The number of likely N-dealkylation sites (N-methyl/N-ethyl adjacent to an activating group) is 1. The lowest BCUT2D eigenvalue weighted by Crippen LogP contribution is -2.30. The monoisotopic (exact) mass is 267 g/mol. The quantitative estimate of drug-likeness (QED) is 0.561. The van der Waals surface area contributed by atoms with Crippen molar-refractivity contribution in [1.82, 2.24) is 9.97 Å². The fraction of sp³-hybridized carbons (Fsp3) is 0.692. The second-order valence-electron chi connectivity index (χ2n) is 5.97. The smallest absolute Gasteiger partial charge is 0.148 e. The van der Waals surface area contributed by atoms with Gasteiger partial charge in [-0.1, -0.05) is 20.8 Å². The first-order valence-corrected chi connectivity index (χ1v) is 6.41. The topological polar surface area (TPSA) is 87.3 Å². The summed E-state index contributed by atoms with van der Waals surface area (Å²) in [6, 6.07) is 0. The minimum atomic E-state index is -0.424. The van der Waals surface area contributed by atoms with Crippen molar-refractivity contribution in [3.63, 3.8) is 0 Å². The Morgan fingerprint density at radius 2 is 1.95 bits per heavy atom. The SMILES string of the molecule is Cc1c(NN)nc(C(C)(C)C)nc1N(C)CC(C)O. The van der Waals surface area contributed by atoms with Gasteiger partial charge in [-0.15, -0.1) is 0 Å². The molecular formula is C13H25N5O. The fourth-order valence-corrected chi connectivity index (χ4v) is 1.84. The van der Waals surface area contributed by atoms with Gasteiger partial charge in [-0.3, -0.25) is 0 Å². The number of nitrogens with one attached hydrogen (secondary N) is 1. The maximum Gasteiger partial charge on any atom is 0.148 e. The number of nitrogens with two attached hydrogens (primary N) is 1. The number of aliphatic hydroxyl groups is 1. The zero-order valence-corrected chi connectivity index (χ0v) is 12.7. The van der Waals surface area contributed by atoms with Crippen LogP contribution >= 0.6 is 0 Å². The molecule has 6 nitrogen and oxygen atoms in total. The number of anilines is 2. The number of aliphatic hydroxyl groups excluding tert-OH is 1. The van der Waals surface area contributed by atoms with Crippen LogP contribution in [0.2, 0.25) is 0 Å². The van der Waals surface area contributed by atoms with Crippen molar-refractivity contribution < 1.29 is 5.11 Å². The molecule has 1 rings (SSSR count). The Kier molecular flexibility index (Phi) is 4.70. The second kappa shape index (κ2) is 5.71.